The first kappa shape index (κ1) is 9.76. The third-order valence-electron chi connectivity index (χ3n) is 1.93. The fourth-order valence-corrected chi connectivity index (χ4v) is 1.95. The molecule has 0 spiro atoms. The van der Waals surface area contributed by atoms with Crippen molar-refractivity contribution in [2.45, 2.75) is 6.54 Å². The SMILES string of the molecule is [N-]=[N+]=NCCn1cc(-c2cccs2)cn1. The van der Waals surface area contributed by atoms with Gasteiger partial charge in [-0.15, -0.1) is 11.3 Å². The quantitative estimate of drug-likeness (QED) is 0.443. The van der Waals surface area contributed by atoms with Gasteiger partial charge in [0.25, 0.3) is 0 Å². The van der Waals surface area contributed by atoms with E-state index < -0.39 is 0 Å². The van der Waals surface area contributed by atoms with Crippen molar-refractivity contribution >= 4 is 11.3 Å². The van der Waals surface area contributed by atoms with Gasteiger partial charge in [-0.2, -0.15) is 5.10 Å². The second kappa shape index (κ2) is 4.63. The molecule has 76 valence electrons. The highest BCUT2D eigenvalue weighted by Crippen LogP contribution is 2.23. The molecule has 15 heavy (non-hydrogen) atoms. The molecule has 5 nitrogen and oxygen atoms in total. The fraction of sp³-hybridized carbons (Fsp3) is 0.222. The van der Waals surface area contributed by atoms with Crippen molar-refractivity contribution in [3.8, 4) is 10.4 Å². The number of hydrogen-bond acceptors (Lipinski definition) is 3. The highest BCUT2D eigenvalue weighted by Gasteiger charge is 2.01. The summed E-state index contributed by atoms with van der Waals surface area (Å²) in [4.78, 5) is 3.89. The summed E-state index contributed by atoms with van der Waals surface area (Å²) >= 11 is 1.68. The lowest BCUT2D eigenvalue weighted by atomic mass is 10.3. The molecule has 2 aromatic rings. The van der Waals surface area contributed by atoms with E-state index in [9.17, 15) is 0 Å². The fourth-order valence-electron chi connectivity index (χ4n) is 1.25. The van der Waals surface area contributed by atoms with Gasteiger partial charge in [-0.1, -0.05) is 11.2 Å². The first-order valence-electron chi connectivity index (χ1n) is 4.47. The first-order chi connectivity index (χ1) is 7.40. The van der Waals surface area contributed by atoms with E-state index in [1.807, 2.05) is 23.8 Å². The minimum Gasteiger partial charge on any atom is -0.272 e. The normalized spacial score (nSPS) is 9.87. The molecule has 0 aliphatic carbocycles. The van der Waals surface area contributed by atoms with Gasteiger partial charge in [-0.3, -0.25) is 4.68 Å². The van der Waals surface area contributed by atoms with Crippen LogP contribution in [-0.4, -0.2) is 16.3 Å². The molecule has 0 atom stereocenters. The first-order valence-corrected chi connectivity index (χ1v) is 5.35. The summed E-state index contributed by atoms with van der Waals surface area (Å²) in [5.74, 6) is 0. The summed E-state index contributed by atoms with van der Waals surface area (Å²) in [5.41, 5.74) is 9.23. The molecule has 0 saturated carbocycles. The zero-order chi connectivity index (χ0) is 10.5. The molecule has 2 rings (SSSR count). The maximum Gasteiger partial charge on any atom is 0.0576 e. The molecule has 2 aromatic heterocycles. The molecule has 0 N–H and O–H groups in total. The van der Waals surface area contributed by atoms with Crippen molar-refractivity contribution in [2.75, 3.05) is 6.54 Å². The van der Waals surface area contributed by atoms with Gasteiger partial charge in [0.1, 0.15) is 0 Å². The van der Waals surface area contributed by atoms with Crippen molar-refractivity contribution in [1.29, 1.82) is 0 Å². The summed E-state index contributed by atoms with van der Waals surface area (Å²) in [5, 5.41) is 9.68. The van der Waals surface area contributed by atoms with E-state index in [1.54, 1.807) is 16.0 Å². The van der Waals surface area contributed by atoms with E-state index >= 15 is 0 Å². The van der Waals surface area contributed by atoms with Crippen LogP contribution in [-0.2, 0) is 6.54 Å². The van der Waals surface area contributed by atoms with E-state index in [2.05, 4.69) is 21.2 Å². The van der Waals surface area contributed by atoms with Gasteiger partial charge in [0.05, 0.1) is 6.20 Å². The predicted octanol–water partition coefficient (Wildman–Crippen LogP) is 2.92. The molecule has 0 bridgehead atoms. The molecule has 0 aliphatic heterocycles. The Morgan fingerprint density at radius 1 is 1.60 bits per heavy atom. The molecule has 0 amide bonds. The van der Waals surface area contributed by atoms with Crippen molar-refractivity contribution < 1.29 is 0 Å². The minimum absolute atomic E-state index is 0.433. The van der Waals surface area contributed by atoms with Gasteiger partial charge < -0.3 is 0 Å². The zero-order valence-corrected chi connectivity index (χ0v) is 8.76. The van der Waals surface area contributed by atoms with Crippen LogP contribution < -0.4 is 0 Å². The summed E-state index contributed by atoms with van der Waals surface area (Å²) in [6.07, 6.45) is 3.78. The molecule has 0 aliphatic rings. The van der Waals surface area contributed by atoms with Crippen molar-refractivity contribution in [1.82, 2.24) is 9.78 Å². The Kier molecular flexibility index (Phi) is 3.02. The van der Waals surface area contributed by atoms with Crippen LogP contribution in [0.4, 0.5) is 0 Å². The van der Waals surface area contributed by atoms with Gasteiger partial charge in [-0.25, -0.2) is 0 Å². The largest absolute Gasteiger partial charge is 0.272 e. The lowest BCUT2D eigenvalue weighted by molar-refractivity contribution is 0.624. The van der Waals surface area contributed by atoms with E-state index in [-0.39, 0.29) is 0 Å². The molecule has 6 heteroatoms. The molecule has 0 fully saturated rings. The second-order valence-corrected chi connectivity index (χ2v) is 3.87. The van der Waals surface area contributed by atoms with Gasteiger partial charge in [0.15, 0.2) is 0 Å². The van der Waals surface area contributed by atoms with E-state index in [0.29, 0.717) is 13.1 Å². The average Bonchev–Trinajstić information content (AvgIpc) is 2.87. The zero-order valence-electron chi connectivity index (χ0n) is 7.95. The van der Waals surface area contributed by atoms with Gasteiger partial charge in [-0.05, 0) is 17.0 Å². The van der Waals surface area contributed by atoms with Crippen LogP contribution in [0.1, 0.15) is 0 Å². The Bertz CT molecular complexity index is 466. The summed E-state index contributed by atoms with van der Waals surface area (Å²) in [7, 11) is 0. The second-order valence-electron chi connectivity index (χ2n) is 2.92. The smallest absolute Gasteiger partial charge is 0.0576 e. The molecule has 0 saturated heterocycles. The van der Waals surface area contributed by atoms with Gasteiger partial charge in [0.2, 0.25) is 0 Å². The summed E-state index contributed by atoms with van der Waals surface area (Å²) in [6, 6.07) is 4.07. The minimum atomic E-state index is 0.433. The van der Waals surface area contributed by atoms with E-state index in [1.165, 1.54) is 4.88 Å². The Morgan fingerprint density at radius 3 is 3.27 bits per heavy atom. The van der Waals surface area contributed by atoms with Crippen molar-refractivity contribution in [2.24, 2.45) is 5.11 Å². The Hall–Kier alpha value is -1.78. The van der Waals surface area contributed by atoms with Crippen LogP contribution in [0.3, 0.4) is 0 Å². The number of thiophene rings is 1. The number of hydrogen-bond donors (Lipinski definition) is 0. The average molecular weight is 219 g/mol. The lowest BCUT2D eigenvalue weighted by Gasteiger charge is -1.94. The Balaban J connectivity index is 2.07. The molecule has 0 radical (unpaired) electrons. The maximum atomic E-state index is 8.13. The van der Waals surface area contributed by atoms with Crippen molar-refractivity contribution in [3.05, 3.63) is 40.3 Å². The molecule has 2 heterocycles. The number of nitrogens with zero attached hydrogens (tertiary/aromatic N) is 5. The third-order valence-corrected chi connectivity index (χ3v) is 2.85. The molecule has 0 unspecified atom stereocenters. The van der Waals surface area contributed by atoms with Gasteiger partial charge >= 0.3 is 0 Å². The summed E-state index contributed by atoms with van der Waals surface area (Å²) < 4.78 is 1.78. The van der Waals surface area contributed by atoms with Crippen LogP contribution in [0.25, 0.3) is 20.9 Å². The maximum absolute atomic E-state index is 8.13. The Labute approximate surface area is 90.6 Å². The standard InChI is InChI=1S/C9H9N5S/c10-13-11-3-4-14-7-8(6-12-14)9-2-1-5-15-9/h1-2,5-7H,3-4H2. The molecular formula is C9H9N5S. The number of aromatic nitrogens is 2. The van der Waals surface area contributed by atoms with Crippen molar-refractivity contribution in [3.63, 3.8) is 0 Å². The van der Waals surface area contributed by atoms with E-state index in [4.69, 9.17) is 5.53 Å². The van der Waals surface area contributed by atoms with E-state index in [0.717, 1.165) is 5.56 Å². The lowest BCUT2D eigenvalue weighted by Crippen LogP contribution is -2.00. The number of azide groups is 1. The monoisotopic (exact) mass is 219 g/mol. The van der Waals surface area contributed by atoms with Crippen LogP contribution in [0.2, 0.25) is 0 Å². The van der Waals surface area contributed by atoms with Gasteiger partial charge in [0, 0.05) is 34.6 Å². The van der Waals surface area contributed by atoms with Crippen LogP contribution in [0, 0.1) is 0 Å². The predicted molar refractivity (Wildman–Crippen MR) is 59.6 cm³/mol. The highest BCUT2D eigenvalue weighted by molar-refractivity contribution is 7.13. The summed E-state index contributed by atoms with van der Waals surface area (Å²) in [6.45, 7) is 1.05. The van der Waals surface area contributed by atoms with Crippen LogP contribution >= 0.6 is 11.3 Å². The third kappa shape index (κ3) is 2.37. The van der Waals surface area contributed by atoms with Crippen LogP contribution in [0.15, 0.2) is 35.0 Å². The highest BCUT2D eigenvalue weighted by atomic mass is 32.1. The number of rotatable bonds is 4. The van der Waals surface area contributed by atoms with Crippen LogP contribution in [0.5, 0.6) is 0 Å². The topological polar surface area (TPSA) is 66.6 Å². The Morgan fingerprint density at radius 2 is 2.53 bits per heavy atom. The molecular weight excluding hydrogens is 210 g/mol. The molecule has 0 aromatic carbocycles.